The van der Waals surface area contributed by atoms with Crippen molar-refractivity contribution >= 4 is 23.6 Å². The average Bonchev–Trinajstić information content (AvgIpc) is 2.93. The Morgan fingerprint density at radius 2 is 1.77 bits per heavy atom. The topological polar surface area (TPSA) is 108 Å². The van der Waals surface area contributed by atoms with Crippen LogP contribution in [-0.2, 0) is 17.5 Å². The van der Waals surface area contributed by atoms with Crippen LogP contribution in [0.3, 0.4) is 0 Å². The number of rotatable bonds is 9. The lowest BCUT2D eigenvalue weighted by atomic mass is 10.0. The number of benzene rings is 2. The van der Waals surface area contributed by atoms with Crippen molar-refractivity contribution in [3.63, 3.8) is 0 Å². The van der Waals surface area contributed by atoms with Crippen LogP contribution in [0.2, 0.25) is 0 Å². The van der Waals surface area contributed by atoms with Gasteiger partial charge in [0.2, 0.25) is 0 Å². The van der Waals surface area contributed by atoms with Crippen LogP contribution in [0.5, 0.6) is 5.75 Å². The molecule has 0 bridgehead atoms. The van der Waals surface area contributed by atoms with Crippen molar-refractivity contribution in [3.8, 4) is 16.9 Å². The number of alkyl halides is 3. The van der Waals surface area contributed by atoms with Gasteiger partial charge in [-0.3, -0.25) is 9.69 Å². The summed E-state index contributed by atoms with van der Waals surface area (Å²) in [5.74, 6) is 0.107. The molecule has 1 amide bonds. The van der Waals surface area contributed by atoms with Gasteiger partial charge in [0.1, 0.15) is 11.6 Å². The van der Waals surface area contributed by atoms with Crippen LogP contribution in [0.4, 0.5) is 24.7 Å². The zero-order valence-electron chi connectivity index (χ0n) is 21.6. The molecular weight excluding hydrogens is 509 g/mol. The summed E-state index contributed by atoms with van der Waals surface area (Å²) in [6, 6.07) is 12.5. The monoisotopic (exact) mass is 540 g/mol. The number of ether oxygens (including phenoxy) is 1. The number of anilines is 2. The molecule has 2 aromatic carbocycles. The maximum Gasteiger partial charge on any atom is 0.416 e. The van der Waals surface area contributed by atoms with E-state index in [-0.39, 0.29) is 30.2 Å². The van der Waals surface area contributed by atoms with E-state index in [0.717, 1.165) is 43.0 Å². The molecule has 4 rings (SSSR count). The first-order valence-electron chi connectivity index (χ1n) is 12.6. The number of hydrogen-bond donors (Lipinski definition) is 3. The maximum absolute atomic E-state index is 13.8. The quantitative estimate of drug-likeness (QED) is 0.345. The Bertz CT molecular complexity index is 1310. The lowest BCUT2D eigenvalue weighted by Gasteiger charge is -2.34. The summed E-state index contributed by atoms with van der Waals surface area (Å²) in [5.41, 5.74) is 7.30. The van der Waals surface area contributed by atoms with Gasteiger partial charge in [-0.1, -0.05) is 25.1 Å². The smallest absolute Gasteiger partial charge is 0.416 e. The van der Waals surface area contributed by atoms with E-state index in [4.69, 9.17) is 15.9 Å². The van der Waals surface area contributed by atoms with Crippen molar-refractivity contribution in [1.29, 1.82) is 5.41 Å². The zero-order chi connectivity index (χ0) is 28.0. The van der Waals surface area contributed by atoms with Gasteiger partial charge in [0.05, 0.1) is 5.56 Å². The minimum atomic E-state index is -4.54. The molecule has 0 aliphatic carbocycles. The van der Waals surface area contributed by atoms with Crippen molar-refractivity contribution in [2.45, 2.75) is 19.6 Å². The Labute approximate surface area is 225 Å². The van der Waals surface area contributed by atoms with Gasteiger partial charge in [0.15, 0.2) is 6.61 Å². The zero-order valence-corrected chi connectivity index (χ0v) is 21.6. The van der Waals surface area contributed by atoms with Crippen molar-refractivity contribution in [1.82, 2.24) is 14.8 Å². The molecule has 3 aromatic rings. The minimum absolute atomic E-state index is 0.0590. The summed E-state index contributed by atoms with van der Waals surface area (Å²) in [4.78, 5) is 20.8. The molecule has 1 fully saturated rings. The fourth-order valence-corrected chi connectivity index (χ4v) is 4.42. The van der Waals surface area contributed by atoms with E-state index in [1.807, 2.05) is 4.90 Å². The number of nitrogens with one attached hydrogen (secondary N) is 2. The number of carbonyl (C=O) groups is 1. The highest BCUT2D eigenvalue weighted by Crippen LogP contribution is 2.34. The van der Waals surface area contributed by atoms with Gasteiger partial charge in [-0.25, -0.2) is 4.98 Å². The second kappa shape index (κ2) is 12.3. The SMILES string of the molecule is CCN1CCN(Cc2ccc(NC(=O)COc3ccc(-c4cnc(N)c(C=N)c4)cc3)cc2C(F)(F)F)CC1. The highest BCUT2D eigenvalue weighted by Gasteiger charge is 2.34. The molecule has 39 heavy (non-hydrogen) atoms. The van der Waals surface area contributed by atoms with Gasteiger partial charge in [-0.05, 0) is 48.0 Å². The van der Waals surface area contributed by atoms with E-state index >= 15 is 0 Å². The maximum atomic E-state index is 13.8. The number of carbonyl (C=O) groups excluding carboxylic acids is 1. The van der Waals surface area contributed by atoms with Crippen LogP contribution < -0.4 is 15.8 Å². The highest BCUT2D eigenvalue weighted by atomic mass is 19.4. The third kappa shape index (κ3) is 7.33. The Balaban J connectivity index is 1.35. The van der Waals surface area contributed by atoms with Crippen LogP contribution in [0.1, 0.15) is 23.6 Å². The highest BCUT2D eigenvalue weighted by molar-refractivity contribution is 5.92. The van der Waals surface area contributed by atoms with Gasteiger partial charge >= 0.3 is 6.18 Å². The number of piperazine rings is 1. The first-order valence-corrected chi connectivity index (χ1v) is 12.6. The summed E-state index contributed by atoms with van der Waals surface area (Å²) in [6.07, 6.45) is -1.82. The molecule has 0 saturated carbocycles. The first-order chi connectivity index (χ1) is 18.7. The van der Waals surface area contributed by atoms with E-state index in [9.17, 15) is 18.0 Å². The molecular formula is C28H31F3N6O2. The normalized spacial score (nSPS) is 14.7. The summed E-state index contributed by atoms with van der Waals surface area (Å²) in [7, 11) is 0. The molecule has 1 saturated heterocycles. The number of likely N-dealkylation sites (N-methyl/N-ethyl adjacent to an activating group) is 1. The van der Waals surface area contributed by atoms with Crippen LogP contribution in [0, 0.1) is 5.41 Å². The number of amides is 1. The van der Waals surface area contributed by atoms with Gasteiger partial charge in [0, 0.05) is 61.9 Å². The van der Waals surface area contributed by atoms with E-state index in [0.29, 0.717) is 24.4 Å². The molecule has 11 heteroatoms. The molecule has 0 unspecified atom stereocenters. The third-order valence-electron chi connectivity index (χ3n) is 6.67. The Hall–Kier alpha value is -3.96. The number of pyridine rings is 1. The molecule has 0 atom stereocenters. The van der Waals surface area contributed by atoms with Crippen molar-refractivity contribution < 1.29 is 22.7 Å². The Morgan fingerprint density at radius 1 is 1.08 bits per heavy atom. The predicted octanol–water partition coefficient (Wildman–Crippen LogP) is 4.50. The number of nitrogens with two attached hydrogens (primary N) is 1. The number of hydrogen-bond acceptors (Lipinski definition) is 7. The van der Waals surface area contributed by atoms with E-state index < -0.39 is 17.6 Å². The average molecular weight is 541 g/mol. The number of halogens is 3. The Kier molecular flexibility index (Phi) is 8.82. The van der Waals surface area contributed by atoms with Gasteiger partial charge in [0.25, 0.3) is 5.91 Å². The van der Waals surface area contributed by atoms with Gasteiger partial charge in [-0.2, -0.15) is 13.2 Å². The fraction of sp³-hybridized carbons (Fsp3) is 0.321. The summed E-state index contributed by atoms with van der Waals surface area (Å²) in [5, 5.41) is 9.91. The molecule has 0 radical (unpaired) electrons. The van der Waals surface area contributed by atoms with E-state index in [1.165, 1.54) is 12.1 Å². The molecule has 0 spiro atoms. The van der Waals surface area contributed by atoms with E-state index in [2.05, 4.69) is 22.1 Å². The van der Waals surface area contributed by atoms with Gasteiger partial charge < -0.3 is 26.1 Å². The fourth-order valence-electron chi connectivity index (χ4n) is 4.42. The molecule has 8 nitrogen and oxygen atoms in total. The van der Waals surface area contributed by atoms with Crippen molar-refractivity contribution in [2.24, 2.45) is 0 Å². The lowest BCUT2D eigenvalue weighted by molar-refractivity contribution is -0.138. The van der Waals surface area contributed by atoms with Crippen molar-refractivity contribution in [2.75, 3.05) is 50.4 Å². The standard InChI is InChI=1S/C28H31F3N6O2/c1-2-36-9-11-37(12-10-36)17-20-3-6-23(14-25(20)28(29,30)31)35-26(38)18-39-24-7-4-19(5-8-24)22-13-21(15-32)27(33)34-16-22/h3-8,13-16,32H,2,9-12,17-18H2,1H3,(H2,33,34)(H,35,38). The molecule has 1 aliphatic rings. The minimum Gasteiger partial charge on any atom is -0.484 e. The van der Waals surface area contributed by atoms with Gasteiger partial charge in [-0.15, -0.1) is 0 Å². The molecule has 4 N–H and O–H groups in total. The number of aromatic nitrogens is 1. The predicted molar refractivity (Wildman–Crippen MR) is 145 cm³/mol. The molecule has 2 heterocycles. The molecule has 1 aromatic heterocycles. The number of nitrogen functional groups attached to an aromatic ring is 1. The van der Waals surface area contributed by atoms with Crippen LogP contribution in [-0.4, -0.2) is 66.2 Å². The first kappa shape index (κ1) is 28.1. The second-order valence-electron chi connectivity index (χ2n) is 9.28. The lowest BCUT2D eigenvalue weighted by Crippen LogP contribution is -2.45. The summed E-state index contributed by atoms with van der Waals surface area (Å²) >= 11 is 0. The van der Waals surface area contributed by atoms with Crippen LogP contribution >= 0.6 is 0 Å². The van der Waals surface area contributed by atoms with Crippen molar-refractivity contribution in [3.05, 3.63) is 71.4 Å². The third-order valence-corrected chi connectivity index (χ3v) is 6.67. The molecule has 206 valence electrons. The van der Waals surface area contributed by atoms with E-state index in [1.54, 1.807) is 36.5 Å². The largest absolute Gasteiger partial charge is 0.484 e. The Morgan fingerprint density at radius 3 is 2.41 bits per heavy atom. The number of nitrogens with zero attached hydrogens (tertiary/aromatic N) is 3. The van der Waals surface area contributed by atoms with Crippen LogP contribution in [0.15, 0.2) is 54.7 Å². The summed E-state index contributed by atoms with van der Waals surface area (Å²) < 4.78 is 47.0. The van der Waals surface area contributed by atoms with Crippen LogP contribution in [0.25, 0.3) is 11.1 Å². The summed E-state index contributed by atoms with van der Waals surface area (Å²) in [6.45, 7) is 5.92. The molecule has 1 aliphatic heterocycles. The second-order valence-corrected chi connectivity index (χ2v) is 9.28.